The molecule has 0 fully saturated rings. The van der Waals surface area contributed by atoms with E-state index in [1.807, 2.05) is 43.3 Å². The van der Waals surface area contributed by atoms with Gasteiger partial charge in [-0.25, -0.2) is 14.9 Å². The number of allylic oxidation sites excluding steroid dienone is 2. The molecule has 9 nitrogen and oxygen atoms in total. The van der Waals surface area contributed by atoms with Gasteiger partial charge in [0.1, 0.15) is 11.7 Å². The van der Waals surface area contributed by atoms with Gasteiger partial charge < -0.3 is 20.4 Å². The number of benzene rings is 6. The summed E-state index contributed by atoms with van der Waals surface area (Å²) in [7, 11) is 3.86. The standard InChI is InChI=1S/C48H41N9/c1-32-29-33(2)47-52-45(41-28-26-39(31-43(41)50-4)56(36-21-13-7-14-22-36)37-23-15-8-16-24-37)54-48-53-44(51-46(32)57(47)48)40-27-25-38(30-42(40)49-3)55(34-17-9-5-10-18-34)35-19-11-6-12-20-35/h5-31,49-50H,1-4H3. The molecule has 3 aliphatic heterocycles. The second-order valence-corrected chi connectivity index (χ2v) is 13.9. The first-order valence-electron chi connectivity index (χ1n) is 19.0. The predicted molar refractivity (Wildman–Crippen MR) is 238 cm³/mol. The Morgan fingerprint density at radius 3 is 1.30 bits per heavy atom. The first-order valence-corrected chi connectivity index (χ1v) is 19.0. The number of rotatable bonds is 10. The maximum Gasteiger partial charge on any atom is 0.241 e. The van der Waals surface area contributed by atoms with Crippen LogP contribution in [0.2, 0.25) is 0 Å². The highest BCUT2D eigenvalue weighted by Gasteiger charge is 2.36. The first kappa shape index (κ1) is 35.2. The van der Waals surface area contributed by atoms with E-state index >= 15 is 0 Å². The molecule has 0 spiro atoms. The minimum absolute atomic E-state index is 0.518. The number of aliphatic imine (C=N–C) groups is 4. The van der Waals surface area contributed by atoms with E-state index in [0.717, 1.165) is 79.4 Å². The Morgan fingerprint density at radius 1 is 0.456 bits per heavy atom. The number of anilines is 8. The third-order valence-electron chi connectivity index (χ3n) is 10.2. The highest BCUT2D eigenvalue weighted by Crippen LogP contribution is 2.40. The maximum atomic E-state index is 5.16. The summed E-state index contributed by atoms with van der Waals surface area (Å²) in [4.78, 5) is 27.1. The van der Waals surface area contributed by atoms with E-state index in [2.05, 4.69) is 174 Å². The van der Waals surface area contributed by atoms with E-state index in [0.29, 0.717) is 17.6 Å². The number of para-hydroxylation sites is 4. The van der Waals surface area contributed by atoms with Gasteiger partial charge in [0.25, 0.3) is 0 Å². The average molecular weight is 744 g/mol. The smallest absolute Gasteiger partial charge is 0.241 e. The van der Waals surface area contributed by atoms with Crippen molar-refractivity contribution in [2.45, 2.75) is 13.8 Å². The van der Waals surface area contributed by atoms with E-state index in [4.69, 9.17) is 20.0 Å². The molecule has 0 saturated carbocycles. The third-order valence-corrected chi connectivity index (χ3v) is 10.2. The van der Waals surface area contributed by atoms with Crippen molar-refractivity contribution in [2.75, 3.05) is 34.5 Å². The number of nitrogens with zero attached hydrogens (tertiary/aromatic N) is 7. The minimum atomic E-state index is 0.518. The lowest BCUT2D eigenvalue weighted by atomic mass is 10.0. The highest BCUT2D eigenvalue weighted by molar-refractivity contribution is 6.27. The van der Waals surface area contributed by atoms with Crippen LogP contribution in [0.5, 0.6) is 0 Å². The average Bonchev–Trinajstić information content (AvgIpc) is 3.26. The van der Waals surface area contributed by atoms with Gasteiger partial charge in [-0.1, -0.05) is 72.8 Å². The zero-order valence-corrected chi connectivity index (χ0v) is 32.2. The van der Waals surface area contributed by atoms with Crippen LogP contribution in [0.4, 0.5) is 45.5 Å². The normalized spacial score (nSPS) is 14.4. The molecule has 6 aromatic carbocycles. The lowest BCUT2D eigenvalue weighted by molar-refractivity contribution is 0.693. The Balaban J connectivity index is 1.13. The van der Waals surface area contributed by atoms with Crippen molar-refractivity contribution in [3.05, 3.63) is 192 Å². The molecule has 3 aliphatic rings. The Bertz CT molecular complexity index is 2580. The van der Waals surface area contributed by atoms with Gasteiger partial charge in [0.2, 0.25) is 5.96 Å². The summed E-state index contributed by atoms with van der Waals surface area (Å²) in [6.45, 7) is 4.14. The highest BCUT2D eigenvalue weighted by atomic mass is 15.4. The molecule has 0 saturated heterocycles. The van der Waals surface area contributed by atoms with Crippen molar-refractivity contribution < 1.29 is 0 Å². The fourth-order valence-corrected chi connectivity index (χ4v) is 7.53. The van der Waals surface area contributed by atoms with E-state index in [1.54, 1.807) is 0 Å². The summed E-state index contributed by atoms with van der Waals surface area (Å²) in [5, 5.41) is 6.87. The Hall–Kier alpha value is -7.52. The van der Waals surface area contributed by atoms with Gasteiger partial charge in [-0.2, -0.15) is 9.98 Å². The van der Waals surface area contributed by atoms with Crippen molar-refractivity contribution in [2.24, 2.45) is 20.0 Å². The van der Waals surface area contributed by atoms with Crippen LogP contribution in [0, 0.1) is 0 Å². The van der Waals surface area contributed by atoms with E-state index < -0.39 is 0 Å². The van der Waals surface area contributed by atoms with Crippen LogP contribution >= 0.6 is 0 Å². The lowest BCUT2D eigenvalue weighted by Crippen LogP contribution is -2.44. The van der Waals surface area contributed by atoms with Crippen molar-refractivity contribution in [1.29, 1.82) is 0 Å². The van der Waals surface area contributed by atoms with E-state index in [1.165, 1.54) is 0 Å². The van der Waals surface area contributed by atoms with Crippen molar-refractivity contribution in [3.8, 4) is 0 Å². The molecule has 0 aromatic heterocycles. The van der Waals surface area contributed by atoms with Crippen LogP contribution in [0.3, 0.4) is 0 Å². The summed E-state index contributed by atoms with van der Waals surface area (Å²) in [6.07, 6.45) is 2.14. The molecule has 0 aliphatic carbocycles. The molecule has 0 amide bonds. The van der Waals surface area contributed by atoms with Crippen molar-refractivity contribution >= 4 is 69.0 Å². The molecule has 278 valence electrons. The number of hydrogen-bond donors (Lipinski definition) is 2. The van der Waals surface area contributed by atoms with Crippen molar-refractivity contribution in [1.82, 2.24) is 4.90 Å². The molecule has 0 unspecified atom stereocenters. The van der Waals surface area contributed by atoms with Crippen LogP contribution in [0.15, 0.2) is 201 Å². The topological polar surface area (TPSA) is 83.2 Å². The molecule has 0 radical (unpaired) electrons. The van der Waals surface area contributed by atoms with Crippen LogP contribution < -0.4 is 20.4 Å². The molecular formula is C48H41N9. The van der Waals surface area contributed by atoms with Crippen LogP contribution in [-0.2, 0) is 0 Å². The zero-order valence-electron chi connectivity index (χ0n) is 32.2. The van der Waals surface area contributed by atoms with E-state index in [-0.39, 0.29) is 0 Å². The van der Waals surface area contributed by atoms with Gasteiger partial charge in [-0.3, -0.25) is 0 Å². The molecule has 9 heteroatoms. The SMILES string of the molecule is CNc1cc(N(c2ccccc2)c2ccccc2)ccc1C1=NC2=NC(c3ccc(N(c4ccccc4)c4ccccc4)cc3NC)=NC3=C(C)C=C(C)C(=N1)N23. The largest absolute Gasteiger partial charge is 0.387 e. The fraction of sp³-hybridized carbons (Fsp3) is 0.0833. The van der Waals surface area contributed by atoms with Crippen molar-refractivity contribution in [3.63, 3.8) is 0 Å². The fourth-order valence-electron chi connectivity index (χ4n) is 7.53. The second kappa shape index (κ2) is 15.0. The lowest BCUT2D eigenvalue weighted by Gasteiger charge is -2.35. The quantitative estimate of drug-likeness (QED) is 0.146. The molecule has 0 atom stereocenters. The minimum Gasteiger partial charge on any atom is -0.387 e. The Labute approximate surface area is 333 Å². The summed E-state index contributed by atoms with van der Waals surface area (Å²) < 4.78 is 0. The molecule has 6 aromatic rings. The molecule has 2 N–H and O–H groups in total. The van der Waals surface area contributed by atoms with Crippen LogP contribution in [0.25, 0.3) is 0 Å². The number of guanidine groups is 1. The third kappa shape index (κ3) is 6.55. The Morgan fingerprint density at radius 2 is 0.877 bits per heavy atom. The Kier molecular flexibility index (Phi) is 9.24. The van der Waals surface area contributed by atoms with Gasteiger partial charge in [-0.05, 0) is 116 Å². The molecule has 0 bridgehead atoms. The van der Waals surface area contributed by atoms with E-state index in [9.17, 15) is 0 Å². The summed E-state index contributed by atoms with van der Waals surface area (Å²) in [6, 6.07) is 54.2. The summed E-state index contributed by atoms with van der Waals surface area (Å²) >= 11 is 0. The molecule has 57 heavy (non-hydrogen) atoms. The first-order chi connectivity index (χ1) is 28.0. The monoisotopic (exact) mass is 743 g/mol. The number of amidine groups is 3. The van der Waals surface area contributed by atoms with Gasteiger partial charge in [0.15, 0.2) is 11.7 Å². The van der Waals surface area contributed by atoms with Gasteiger partial charge in [-0.15, -0.1) is 0 Å². The maximum absolute atomic E-state index is 5.16. The van der Waals surface area contributed by atoms with Gasteiger partial charge in [0.05, 0.1) is 0 Å². The van der Waals surface area contributed by atoms with Gasteiger partial charge >= 0.3 is 0 Å². The van der Waals surface area contributed by atoms with Crippen LogP contribution in [0.1, 0.15) is 25.0 Å². The zero-order chi connectivity index (χ0) is 38.9. The molecule has 9 rings (SSSR count). The summed E-state index contributed by atoms with van der Waals surface area (Å²) in [5.74, 6) is 3.17. The molecule has 3 heterocycles. The van der Waals surface area contributed by atoms with Crippen LogP contribution in [-0.4, -0.2) is 42.5 Å². The predicted octanol–water partition coefficient (Wildman–Crippen LogP) is 11.2. The summed E-state index contributed by atoms with van der Waals surface area (Å²) in [5.41, 5.74) is 11.8. The number of hydrogen-bond acceptors (Lipinski definition) is 9. The number of nitrogens with one attached hydrogen (secondary N) is 2. The van der Waals surface area contributed by atoms with Gasteiger partial charge in [0, 0.05) is 70.7 Å². The molecular weight excluding hydrogens is 703 g/mol. The second-order valence-electron chi connectivity index (χ2n) is 13.9.